The van der Waals surface area contributed by atoms with Crippen molar-refractivity contribution in [2.24, 2.45) is 5.92 Å². The second-order valence-corrected chi connectivity index (χ2v) is 8.75. The van der Waals surface area contributed by atoms with E-state index >= 15 is 0 Å². The smallest absolute Gasteiger partial charge is 0.305 e. The first kappa shape index (κ1) is 24.7. The molecule has 1 amide bonds. The van der Waals surface area contributed by atoms with Crippen molar-refractivity contribution in [3.05, 3.63) is 90.0 Å². The van der Waals surface area contributed by atoms with Gasteiger partial charge in [-0.1, -0.05) is 61.5 Å². The summed E-state index contributed by atoms with van der Waals surface area (Å²) < 4.78 is 5.43. The maximum Gasteiger partial charge on any atom is 0.305 e. The van der Waals surface area contributed by atoms with Crippen molar-refractivity contribution in [2.45, 2.75) is 26.3 Å². The summed E-state index contributed by atoms with van der Waals surface area (Å²) in [5, 5.41) is 19.0. The summed E-state index contributed by atoms with van der Waals surface area (Å²) in [6, 6.07) is 24.9. The molecule has 1 heterocycles. The van der Waals surface area contributed by atoms with Crippen molar-refractivity contribution < 1.29 is 19.2 Å². The van der Waals surface area contributed by atoms with E-state index in [9.17, 15) is 9.59 Å². The third-order valence-electron chi connectivity index (χ3n) is 5.74. The van der Waals surface area contributed by atoms with Crippen LogP contribution in [0.15, 0.2) is 83.4 Å². The molecule has 8 nitrogen and oxygen atoms in total. The van der Waals surface area contributed by atoms with Gasteiger partial charge >= 0.3 is 5.97 Å². The number of aliphatic carboxylic acids is 1. The van der Waals surface area contributed by atoms with Gasteiger partial charge in [0.25, 0.3) is 11.8 Å². The number of anilines is 1. The average molecular weight is 485 g/mol. The normalized spacial score (nSPS) is 11.8. The van der Waals surface area contributed by atoms with Gasteiger partial charge in [-0.25, -0.2) is 0 Å². The van der Waals surface area contributed by atoms with Gasteiger partial charge in [0.15, 0.2) is 0 Å². The number of nitrogens with one attached hydrogen (secondary N) is 2. The van der Waals surface area contributed by atoms with Crippen LogP contribution >= 0.6 is 0 Å². The maximum atomic E-state index is 12.2. The molecule has 0 fully saturated rings. The molecule has 0 unspecified atom stereocenters. The van der Waals surface area contributed by atoms with Crippen molar-refractivity contribution in [1.82, 2.24) is 15.5 Å². The van der Waals surface area contributed by atoms with E-state index < -0.39 is 5.97 Å². The SMILES string of the molecule is CC(C)[C@@H](Nc1ccc(C(=O)NCCC(=O)O)cc1)c1ccc(-c2noc(-c3ccccc3)n2)cc1. The van der Waals surface area contributed by atoms with Crippen molar-refractivity contribution in [3.8, 4) is 22.8 Å². The first-order valence-electron chi connectivity index (χ1n) is 11.8. The largest absolute Gasteiger partial charge is 0.481 e. The van der Waals surface area contributed by atoms with Crippen LogP contribution < -0.4 is 10.6 Å². The predicted octanol–water partition coefficient (Wildman–Crippen LogP) is 5.42. The molecule has 0 saturated carbocycles. The molecule has 1 aromatic heterocycles. The molecule has 0 aliphatic heterocycles. The lowest BCUT2D eigenvalue weighted by atomic mass is 9.94. The van der Waals surface area contributed by atoms with Crippen LogP contribution in [0.2, 0.25) is 0 Å². The summed E-state index contributed by atoms with van der Waals surface area (Å²) in [4.78, 5) is 27.3. The van der Waals surface area contributed by atoms with E-state index in [0.29, 0.717) is 23.2 Å². The third-order valence-corrected chi connectivity index (χ3v) is 5.74. The topological polar surface area (TPSA) is 117 Å². The number of nitrogens with zero attached hydrogens (tertiary/aromatic N) is 2. The molecule has 0 radical (unpaired) electrons. The molecule has 8 heteroatoms. The van der Waals surface area contributed by atoms with Gasteiger partial charge in [-0.05, 0) is 47.9 Å². The first-order chi connectivity index (χ1) is 17.4. The zero-order chi connectivity index (χ0) is 25.5. The van der Waals surface area contributed by atoms with E-state index in [4.69, 9.17) is 9.63 Å². The van der Waals surface area contributed by atoms with Gasteiger partial charge in [0.1, 0.15) is 0 Å². The molecule has 0 aliphatic rings. The third kappa shape index (κ3) is 6.15. The fourth-order valence-electron chi connectivity index (χ4n) is 3.80. The van der Waals surface area contributed by atoms with Crippen LogP contribution in [0.1, 0.15) is 42.2 Å². The fourth-order valence-corrected chi connectivity index (χ4v) is 3.80. The quantitative estimate of drug-likeness (QED) is 0.275. The predicted molar refractivity (Wildman–Crippen MR) is 137 cm³/mol. The summed E-state index contributed by atoms with van der Waals surface area (Å²) >= 11 is 0. The van der Waals surface area contributed by atoms with Crippen LogP contribution in [-0.2, 0) is 4.79 Å². The van der Waals surface area contributed by atoms with Gasteiger partial charge in [0, 0.05) is 28.9 Å². The van der Waals surface area contributed by atoms with Crippen LogP contribution in [0.3, 0.4) is 0 Å². The summed E-state index contributed by atoms with van der Waals surface area (Å²) in [7, 11) is 0. The lowest BCUT2D eigenvalue weighted by molar-refractivity contribution is -0.136. The Morgan fingerprint density at radius 3 is 2.25 bits per heavy atom. The van der Waals surface area contributed by atoms with E-state index in [-0.39, 0.29) is 24.9 Å². The molecule has 3 N–H and O–H groups in total. The number of carbonyl (C=O) groups excluding carboxylic acids is 1. The zero-order valence-electron chi connectivity index (χ0n) is 20.1. The standard InChI is InChI=1S/C28H28N4O4/c1-18(2)25(30-23-14-12-21(13-15-23)27(35)29-17-16-24(33)34)19-8-10-20(11-9-19)26-31-28(36-32-26)22-6-4-3-5-7-22/h3-15,18,25,30H,16-17H2,1-2H3,(H,29,35)(H,33,34)/t25-/m1/s1. The monoisotopic (exact) mass is 484 g/mol. The van der Waals surface area contributed by atoms with Gasteiger partial charge in [-0.2, -0.15) is 4.98 Å². The van der Waals surface area contributed by atoms with E-state index in [1.165, 1.54) is 0 Å². The molecule has 0 saturated heterocycles. The van der Waals surface area contributed by atoms with Gasteiger partial charge in [-0.3, -0.25) is 9.59 Å². The summed E-state index contributed by atoms with van der Waals surface area (Å²) in [6.07, 6.45) is -0.110. The molecule has 0 aliphatic carbocycles. The Labute approximate surface area is 209 Å². The number of carboxylic acid groups (broad SMARTS) is 1. The Bertz CT molecular complexity index is 1300. The number of benzene rings is 3. The second-order valence-electron chi connectivity index (χ2n) is 8.75. The van der Waals surface area contributed by atoms with E-state index in [1.54, 1.807) is 12.1 Å². The maximum absolute atomic E-state index is 12.2. The first-order valence-corrected chi connectivity index (χ1v) is 11.8. The average Bonchev–Trinajstić information content (AvgIpc) is 3.38. The van der Waals surface area contributed by atoms with Crippen molar-refractivity contribution >= 4 is 17.6 Å². The Morgan fingerprint density at radius 1 is 0.917 bits per heavy atom. The molecule has 3 aromatic carbocycles. The van der Waals surface area contributed by atoms with Crippen LogP contribution in [-0.4, -0.2) is 33.7 Å². The highest BCUT2D eigenvalue weighted by molar-refractivity contribution is 5.94. The highest BCUT2D eigenvalue weighted by Crippen LogP contribution is 2.29. The van der Waals surface area contributed by atoms with Crippen LogP contribution in [0, 0.1) is 5.92 Å². The van der Waals surface area contributed by atoms with Gasteiger partial charge < -0.3 is 20.3 Å². The molecular weight excluding hydrogens is 456 g/mol. The van der Waals surface area contributed by atoms with Crippen LogP contribution in [0.4, 0.5) is 5.69 Å². The van der Waals surface area contributed by atoms with Crippen molar-refractivity contribution in [3.63, 3.8) is 0 Å². The minimum atomic E-state index is -0.947. The lowest BCUT2D eigenvalue weighted by Gasteiger charge is -2.24. The highest BCUT2D eigenvalue weighted by Gasteiger charge is 2.17. The molecule has 184 valence electrons. The molecule has 0 bridgehead atoms. The zero-order valence-corrected chi connectivity index (χ0v) is 20.1. The number of carbonyl (C=O) groups is 2. The van der Waals surface area contributed by atoms with Gasteiger partial charge in [-0.15, -0.1) is 0 Å². The molecule has 36 heavy (non-hydrogen) atoms. The van der Waals surface area contributed by atoms with E-state index in [2.05, 4.69) is 46.8 Å². The van der Waals surface area contributed by atoms with Gasteiger partial charge in [0.2, 0.25) is 5.82 Å². The number of aromatic nitrogens is 2. The van der Waals surface area contributed by atoms with E-state index in [0.717, 1.165) is 22.4 Å². The molecular formula is C28H28N4O4. The van der Waals surface area contributed by atoms with E-state index in [1.807, 2.05) is 54.6 Å². The fraction of sp³-hybridized carbons (Fsp3) is 0.214. The summed E-state index contributed by atoms with van der Waals surface area (Å²) in [5.41, 5.74) is 4.21. The number of amides is 1. The Morgan fingerprint density at radius 2 is 1.61 bits per heavy atom. The summed E-state index contributed by atoms with van der Waals surface area (Å²) in [5.74, 6) is 0.0688. The Balaban J connectivity index is 1.43. The highest BCUT2D eigenvalue weighted by atomic mass is 16.5. The lowest BCUT2D eigenvalue weighted by Crippen LogP contribution is -2.26. The Kier molecular flexibility index (Phi) is 7.75. The molecule has 0 spiro atoms. The number of hydrogen-bond acceptors (Lipinski definition) is 6. The summed E-state index contributed by atoms with van der Waals surface area (Å²) in [6.45, 7) is 4.37. The minimum absolute atomic E-state index is 0.0411. The minimum Gasteiger partial charge on any atom is -0.481 e. The molecule has 4 rings (SSSR count). The molecule has 4 aromatic rings. The molecule has 1 atom stereocenters. The van der Waals surface area contributed by atoms with Crippen LogP contribution in [0.25, 0.3) is 22.8 Å². The number of carboxylic acids is 1. The van der Waals surface area contributed by atoms with Crippen molar-refractivity contribution in [1.29, 1.82) is 0 Å². The Hall–Kier alpha value is -4.46. The van der Waals surface area contributed by atoms with Crippen molar-refractivity contribution in [2.75, 3.05) is 11.9 Å². The number of rotatable bonds is 10. The second kappa shape index (κ2) is 11.3. The van der Waals surface area contributed by atoms with Gasteiger partial charge in [0.05, 0.1) is 12.5 Å². The number of hydrogen-bond donors (Lipinski definition) is 3. The van der Waals surface area contributed by atoms with Crippen LogP contribution in [0.5, 0.6) is 0 Å².